The van der Waals surface area contributed by atoms with Crippen molar-refractivity contribution in [2.24, 2.45) is 0 Å². The fourth-order valence-corrected chi connectivity index (χ4v) is 3.68. The Morgan fingerprint density at radius 1 is 1.00 bits per heavy atom. The molecule has 0 N–H and O–H groups in total. The topological polar surface area (TPSA) is 81.5 Å². The summed E-state index contributed by atoms with van der Waals surface area (Å²) in [5.74, 6) is 2.70. The molecular formula is C25H34N2O6. The maximum absolute atomic E-state index is 13.4. The van der Waals surface area contributed by atoms with Gasteiger partial charge < -0.3 is 28.4 Å². The van der Waals surface area contributed by atoms with Crippen LogP contribution in [0.5, 0.6) is 11.5 Å². The number of ether oxygens (including phenoxy) is 3. The van der Waals surface area contributed by atoms with Crippen molar-refractivity contribution in [2.75, 3.05) is 33.1 Å². The molecule has 3 rings (SSSR count). The van der Waals surface area contributed by atoms with Gasteiger partial charge in [-0.3, -0.25) is 9.59 Å². The summed E-state index contributed by atoms with van der Waals surface area (Å²) >= 11 is 0. The second-order valence-corrected chi connectivity index (χ2v) is 8.07. The van der Waals surface area contributed by atoms with Gasteiger partial charge in [0.2, 0.25) is 18.6 Å². The van der Waals surface area contributed by atoms with Crippen LogP contribution in [0.15, 0.2) is 34.7 Å². The summed E-state index contributed by atoms with van der Waals surface area (Å²) in [7, 11) is 0. The first-order valence-electron chi connectivity index (χ1n) is 11.6. The highest BCUT2D eigenvalue weighted by Gasteiger charge is 2.23. The molecule has 2 heterocycles. The molecule has 8 heteroatoms. The zero-order valence-electron chi connectivity index (χ0n) is 19.8. The number of hydrogen-bond acceptors (Lipinski definition) is 6. The fraction of sp³-hybridized carbons (Fsp3) is 0.520. The highest BCUT2D eigenvalue weighted by Crippen LogP contribution is 2.33. The van der Waals surface area contributed by atoms with Gasteiger partial charge in [0.25, 0.3) is 0 Å². The molecule has 0 radical (unpaired) electrons. The molecule has 0 aliphatic carbocycles. The van der Waals surface area contributed by atoms with Crippen LogP contribution in [-0.4, -0.2) is 54.7 Å². The third-order valence-corrected chi connectivity index (χ3v) is 5.37. The molecule has 1 aromatic carbocycles. The predicted molar refractivity (Wildman–Crippen MR) is 123 cm³/mol. The summed E-state index contributed by atoms with van der Waals surface area (Å²) in [5, 5.41) is 0. The Balaban J connectivity index is 1.73. The van der Waals surface area contributed by atoms with E-state index in [-0.39, 0.29) is 25.2 Å². The number of carbonyl (C=O) groups is 2. The Bertz CT molecular complexity index is 925. The largest absolute Gasteiger partial charge is 0.464 e. The molecule has 8 nitrogen and oxygen atoms in total. The van der Waals surface area contributed by atoms with Crippen LogP contribution in [0.1, 0.15) is 50.2 Å². The lowest BCUT2D eigenvalue weighted by Gasteiger charge is -2.27. The van der Waals surface area contributed by atoms with Crippen molar-refractivity contribution in [1.29, 1.82) is 0 Å². The van der Waals surface area contributed by atoms with Gasteiger partial charge in [0.15, 0.2) is 11.5 Å². The number of nitrogens with zero attached hydrogens (tertiary/aromatic N) is 2. The summed E-state index contributed by atoms with van der Waals surface area (Å²) in [6.45, 7) is 8.36. The molecule has 0 saturated heterocycles. The van der Waals surface area contributed by atoms with Crippen molar-refractivity contribution in [3.63, 3.8) is 0 Å². The van der Waals surface area contributed by atoms with Crippen LogP contribution in [0.3, 0.4) is 0 Å². The number of aryl methyl sites for hydroxylation is 1. The molecule has 33 heavy (non-hydrogen) atoms. The lowest BCUT2D eigenvalue weighted by Crippen LogP contribution is -2.43. The van der Waals surface area contributed by atoms with E-state index < -0.39 is 0 Å². The molecule has 180 valence electrons. The van der Waals surface area contributed by atoms with Gasteiger partial charge in [-0.15, -0.1) is 0 Å². The van der Waals surface area contributed by atoms with Gasteiger partial charge in [0.1, 0.15) is 11.5 Å². The van der Waals surface area contributed by atoms with Crippen molar-refractivity contribution in [1.82, 2.24) is 9.80 Å². The van der Waals surface area contributed by atoms with Gasteiger partial charge in [-0.05, 0) is 56.5 Å². The van der Waals surface area contributed by atoms with E-state index in [2.05, 4.69) is 0 Å². The minimum atomic E-state index is -0.136. The van der Waals surface area contributed by atoms with Crippen LogP contribution in [-0.2, 0) is 27.4 Å². The Kier molecular flexibility index (Phi) is 9.18. The van der Waals surface area contributed by atoms with E-state index in [0.29, 0.717) is 62.9 Å². The zero-order chi connectivity index (χ0) is 23.6. The van der Waals surface area contributed by atoms with Gasteiger partial charge in [0.05, 0.1) is 13.1 Å². The maximum atomic E-state index is 13.4. The first kappa shape index (κ1) is 24.6. The van der Waals surface area contributed by atoms with E-state index in [1.54, 1.807) is 9.80 Å². The average Bonchev–Trinajstić information content (AvgIpc) is 3.43. The number of hydrogen-bond donors (Lipinski definition) is 0. The number of furan rings is 1. The third kappa shape index (κ3) is 7.25. The molecule has 1 aliphatic heterocycles. The summed E-state index contributed by atoms with van der Waals surface area (Å²) in [6.07, 6.45) is 1.85. The highest BCUT2D eigenvalue weighted by atomic mass is 16.7. The minimum Gasteiger partial charge on any atom is -0.464 e. The molecule has 0 atom stereocenters. The lowest BCUT2D eigenvalue weighted by atomic mass is 10.1. The first-order valence-corrected chi connectivity index (χ1v) is 11.6. The summed E-state index contributed by atoms with van der Waals surface area (Å²) < 4.78 is 22.0. The highest BCUT2D eigenvalue weighted by molar-refractivity contribution is 5.84. The molecule has 0 saturated carbocycles. The van der Waals surface area contributed by atoms with Crippen molar-refractivity contribution in [3.05, 3.63) is 47.4 Å². The Hall–Kier alpha value is -3.00. The number of fused-ring (bicyclic) bond motifs is 1. The monoisotopic (exact) mass is 458 g/mol. The molecule has 1 aliphatic rings. The Morgan fingerprint density at radius 3 is 2.55 bits per heavy atom. The molecule has 0 bridgehead atoms. The normalized spacial score (nSPS) is 12.1. The minimum absolute atomic E-state index is 0.0146. The van der Waals surface area contributed by atoms with Crippen LogP contribution < -0.4 is 9.47 Å². The van der Waals surface area contributed by atoms with Crippen molar-refractivity contribution < 1.29 is 28.2 Å². The van der Waals surface area contributed by atoms with Gasteiger partial charge in [-0.2, -0.15) is 0 Å². The lowest BCUT2D eigenvalue weighted by molar-refractivity contribution is -0.141. The van der Waals surface area contributed by atoms with E-state index in [0.717, 1.165) is 17.7 Å². The van der Waals surface area contributed by atoms with Gasteiger partial charge in [-0.25, -0.2) is 0 Å². The van der Waals surface area contributed by atoms with Crippen LogP contribution >= 0.6 is 0 Å². The first-order chi connectivity index (χ1) is 16.0. The SMILES string of the molecule is CCCC(=O)N(CCCOCC)CC(=O)N(Cc1ccc2c(c1)OCO2)Cc1ccc(C)o1. The molecular weight excluding hydrogens is 424 g/mol. The van der Waals surface area contributed by atoms with Crippen LogP contribution in [0.2, 0.25) is 0 Å². The molecule has 2 aromatic rings. The van der Waals surface area contributed by atoms with E-state index >= 15 is 0 Å². The molecule has 2 amide bonds. The predicted octanol–water partition coefficient (Wildman–Crippen LogP) is 3.90. The third-order valence-electron chi connectivity index (χ3n) is 5.37. The Morgan fingerprint density at radius 2 is 1.82 bits per heavy atom. The van der Waals surface area contributed by atoms with Crippen molar-refractivity contribution >= 4 is 11.8 Å². The van der Waals surface area contributed by atoms with E-state index in [9.17, 15) is 9.59 Å². The number of amides is 2. The second kappa shape index (κ2) is 12.3. The fourth-order valence-electron chi connectivity index (χ4n) is 3.68. The summed E-state index contributed by atoms with van der Waals surface area (Å²) in [5.41, 5.74) is 0.915. The number of carbonyl (C=O) groups excluding carboxylic acids is 2. The van der Waals surface area contributed by atoms with Crippen LogP contribution in [0.4, 0.5) is 0 Å². The van der Waals surface area contributed by atoms with E-state index in [4.69, 9.17) is 18.6 Å². The smallest absolute Gasteiger partial charge is 0.242 e. The maximum Gasteiger partial charge on any atom is 0.242 e. The van der Waals surface area contributed by atoms with Gasteiger partial charge >= 0.3 is 0 Å². The van der Waals surface area contributed by atoms with Gasteiger partial charge in [-0.1, -0.05) is 13.0 Å². The molecule has 0 fully saturated rings. The number of rotatable bonds is 13. The average molecular weight is 459 g/mol. The standard InChI is InChI=1S/C25H34N2O6/c1-4-7-24(28)26(12-6-13-30-5-2)17-25(29)27(16-21-10-8-19(3)33-21)15-20-9-11-22-23(14-20)32-18-31-22/h8-11,14H,4-7,12-13,15-18H2,1-3H3. The van der Waals surface area contributed by atoms with Crippen molar-refractivity contribution in [3.8, 4) is 11.5 Å². The van der Waals surface area contributed by atoms with Crippen molar-refractivity contribution in [2.45, 2.75) is 53.1 Å². The van der Waals surface area contributed by atoms with E-state index in [1.165, 1.54) is 0 Å². The quantitative estimate of drug-likeness (QED) is 0.424. The molecule has 0 unspecified atom stereocenters. The zero-order valence-corrected chi connectivity index (χ0v) is 19.8. The van der Waals surface area contributed by atoms with E-state index in [1.807, 2.05) is 51.1 Å². The second-order valence-electron chi connectivity index (χ2n) is 8.07. The van der Waals surface area contributed by atoms with Crippen LogP contribution in [0.25, 0.3) is 0 Å². The molecule has 1 aromatic heterocycles. The summed E-state index contributed by atoms with van der Waals surface area (Å²) in [4.78, 5) is 29.4. The number of benzene rings is 1. The van der Waals surface area contributed by atoms with Crippen LogP contribution in [0, 0.1) is 6.92 Å². The van der Waals surface area contributed by atoms with Gasteiger partial charge in [0, 0.05) is 32.7 Å². The molecule has 0 spiro atoms. The summed E-state index contributed by atoms with van der Waals surface area (Å²) in [6, 6.07) is 9.41. The Labute approximate surface area is 195 Å².